The van der Waals surface area contributed by atoms with Crippen LogP contribution in [0.5, 0.6) is 5.19 Å². The molecule has 138 valence electrons. The minimum Gasteiger partial charge on any atom is -0.464 e. The third-order valence-corrected chi connectivity index (χ3v) is 5.37. The first-order chi connectivity index (χ1) is 13.7. The Hall–Kier alpha value is -3.07. The van der Waals surface area contributed by atoms with Crippen LogP contribution in [0.25, 0.3) is 5.57 Å². The molecule has 0 amide bonds. The van der Waals surface area contributed by atoms with E-state index in [1.165, 1.54) is 11.3 Å². The minimum absolute atomic E-state index is 0.419. The molecule has 0 fully saturated rings. The van der Waals surface area contributed by atoms with E-state index in [9.17, 15) is 0 Å². The van der Waals surface area contributed by atoms with Gasteiger partial charge < -0.3 is 9.64 Å². The van der Waals surface area contributed by atoms with Crippen LogP contribution in [0, 0.1) is 12.3 Å². The molecule has 0 saturated heterocycles. The second-order valence-electron chi connectivity index (χ2n) is 6.12. The number of rotatable bonds is 5. The molecule has 1 aromatic heterocycles. The van der Waals surface area contributed by atoms with Gasteiger partial charge in [0.1, 0.15) is 6.61 Å². The molecule has 3 aromatic rings. The molecule has 0 saturated carbocycles. The van der Waals surface area contributed by atoms with Gasteiger partial charge in [-0.25, -0.2) is 0 Å². The molecule has 1 aliphatic heterocycles. The third-order valence-electron chi connectivity index (χ3n) is 4.25. The summed E-state index contributed by atoms with van der Waals surface area (Å²) in [6.07, 6.45) is 11.7. The van der Waals surface area contributed by atoms with Gasteiger partial charge >= 0.3 is 0 Å². The summed E-state index contributed by atoms with van der Waals surface area (Å²) in [6.45, 7) is 1.09. The maximum absolute atomic E-state index is 5.90. The van der Waals surface area contributed by atoms with Crippen molar-refractivity contribution in [1.29, 1.82) is 0 Å². The van der Waals surface area contributed by atoms with Gasteiger partial charge in [-0.05, 0) is 52.3 Å². The van der Waals surface area contributed by atoms with E-state index in [4.69, 9.17) is 22.8 Å². The van der Waals surface area contributed by atoms with Crippen molar-refractivity contribution in [3.05, 3.63) is 88.6 Å². The van der Waals surface area contributed by atoms with Crippen LogP contribution in [0.15, 0.2) is 66.9 Å². The smallest absolute Gasteiger partial charge is 0.296 e. The molecule has 1 aliphatic rings. The van der Waals surface area contributed by atoms with E-state index in [1.807, 2.05) is 65.7 Å². The zero-order valence-corrected chi connectivity index (χ0v) is 16.5. The fourth-order valence-corrected chi connectivity index (χ4v) is 3.66. The number of ether oxygens (including phenoxy) is 1. The number of halogens is 1. The van der Waals surface area contributed by atoms with Gasteiger partial charge in [-0.2, -0.15) is 0 Å². The van der Waals surface area contributed by atoms with Gasteiger partial charge in [0.15, 0.2) is 0 Å². The highest BCUT2D eigenvalue weighted by Crippen LogP contribution is 2.31. The molecule has 0 unspecified atom stereocenters. The predicted molar refractivity (Wildman–Crippen MR) is 115 cm³/mol. The average molecular weight is 406 g/mol. The van der Waals surface area contributed by atoms with Crippen molar-refractivity contribution >= 4 is 33.6 Å². The summed E-state index contributed by atoms with van der Waals surface area (Å²) in [7, 11) is 0. The summed E-state index contributed by atoms with van der Waals surface area (Å²) in [5.41, 5.74) is 4.10. The van der Waals surface area contributed by atoms with Gasteiger partial charge in [-0.15, -0.1) is 11.5 Å². The van der Waals surface area contributed by atoms with Crippen molar-refractivity contribution in [2.75, 3.05) is 11.4 Å². The zero-order valence-electron chi connectivity index (χ0n) is 14.9. The number of nitrogens with zero attached hydrogens (tertiary/aromatic N) is 3. The summed E-state index contributed by atoms with van der Waals surface area (Å²) in [5, 5.41) is 10.4. The van der Waals surface area contributed by atoms with Gasteiger partial charge in [0.25, 0.3) is 5.19 Å². The van der Waals surface area contributed by atoms with E-state index < -0.39 is 0 Å². The summed E-state index contributed by atoms with van der Waals surface area (Å²) in [6, 6.07) is 15.5. The van der Waals surface area contributed by atoms with Gasteiger partial charge in [0.2, 0.25) is 5.13 Å². The fraction of sp³-hybridized carbons (Fsp3) is 0.0909. The first-order valence-corrected chi connectivity index (χ1v) is 9.83. The Morgan fingerprint density at radius 2 is 1.96 bits per heavy atom. The van der Waals surface area contributed by atoms with Gasteiger partial charge in [-0.1, -0.05) is 59.0 Å². The summed E-state index contributed by atoms with van der Waals surface area (Å²) < 4.78 is 5.76. The quantitative estimate of drug-likeness (QED) is 0.549. The largest absolute Gasteiger partial charge is 0.464 e. The predicted octanol–water partition coefficient (Wildman–Crippen LogP) is 5.17. The molecular weight excluding hydrogens is 390 g/mol. The Morgan fingerprint density at radius 1 is 1.14 bits per heavy atom. The van der Waals surface area contributed by atoms with Crippen molar-refractivity contribution in [2.24, 2.45) is 0 Å². The lowest BCUT2D eigenvalue weighted by Gasteiger charge is -2.22. The van der Waals surface area contributed by atoms with Crippen molar-refractivity contribution in [3.8, 4) is 17.5 Å². The molecule has 4 nitrogen and oxygen atoms in total. The Kier molecular flexibility index (Phi) is 5.43. The lowest BCUT2D eigenvalue weighted by Crippen LogP contribution is -2.21. The normalized spacial score (nSPS) is 13.1. The highest BCUT2D eigenvalue weighted by Gasteiger charge is 2.17. The molecule has 0 bridgehead atoms. The number of anilines is 1. The topological polar surface area (TPSA) is 38.2 Å². The highest BCUT2D eigenvalue weighted by atomic mass is 35.5. The Balaban J connectivity index is 1.44. The van der Waals surface area contributed by atoms with Gasteiger partial charge in [0.05, 0.1) is 6.54 Å². The monoisotopic (exact) mass is 405 g/mol. The molecule has 28 heavy (non-hydrogen) atoms. The van der Waals surface area contributed by atoms with Crippen molar-refractivity contribution < 1.29 is 4.74 Å². The minimum atomic E-state index is 0.419. The number of allylic oxidation sites excluding steroid dienone is 2. The highest BCUT2D eigenvalue weighted by molar-refractivity contribution is 7.17. The van der Waals surface area contributed by atoms with Crippen LogP contribution in [0.1, 0.15) is 16.7 Å². The number of hydrogen-bond acceptors (Lipinski definition) is 5. The molecule has 0 spiro atoms. The molecule has 0 aliphatic carbocycles. The maximum atomic E-state index is 5.90. The molecule has 0 atom stereocenters. The molecule has 0 radical (unpaired) electrons. The Labute approximate surface area is 172 Å². The first-order valence-electron chi connectivity index (χ1n) is 8.64. The van der Waals surface area contributed by atoms with Crippen LogP contribution < -0.4 is 9.64 Å². The van der Waals surface area contributed by atoms with E-state index in [1.54, 1.807) is 0 Å². The number of aromatic nitrogens is 2. The SMILES string of the molecule is C#Cc1ccccc1C1=CC=CN(c2nnc(OCc3ccc(Cl)cc3)s2)C1. The Morgan fingerprint density at radius 3 is 2.79 bits per heavy atom. The molecule has 2 heterocycles. The third kappa shape index (κ3) is 4.09. The summed E-state index contributed by atoms with van der Waals surface area (Å²) >= 11 is 7.31. The molecule has 6 heteroatoms. The van der Waals surface area contributed by atoms with Crippen LogP contribution in [0.4, 0.5) is 5.13 Å². The number of terminal acetylenes is 1. The second-order valence-corrected chi connectivity index (χ2v) is 7.47. The fourth-order valence-electron chi connectivity index (χ4n) is 2.85. The lowest BCUT2D eigenvalue weighted by atomic mass is 9.98. The van der Waals surface area contributed by atoms with E-state index in [2.05, 4.69) is 22.2 Å². The summed E-state index contributed by atoms with van der Waals surface area (Å²) in [4.78, 5) is 2.04. The van der Waals surface area contributed by atoms with Crippen LogP contribution in [0.2, 0.25) is 5.02 Å². The van der Waals surface area contributed by atoms with Crippen LogP contribution >= 0.6 is 22.9 Å². The van der Waals surface area contributed by atoms with Crippen LogP contribution in [0.3, 0.4) is 0 Å². The standard InChI is InChI=1S/C22H16ClN3OS/c1-2-17-6-3-4-8-20(17)18-7-5-13-26(14-18)21-24-25-22(28-21)27-15-16-9-11-19(23)12-10-16/h1,3-13H,14-15H2. The average Bonchev–Trinajstić information content (AvgIpc) is 3.22. The van der Waals surface area contributed by atoms with Gasteiger partial charge in [0, 0.05) is 16.8 Å². The molecular formula is C22H16ClN3OS. The number of benzene rings is 2. The zero-order chi connectivity index (χ0) is 19.3. The van der Waals surface area contributed by atoms with Crippen LogP contribution in [-0.2, 0) is 6.61 Å². The molecule has 2 aromatic carbocycles. The lowest BCUT2D eigenvalue weighted by molar-refractivity contribution is 0.302. The van der Waals surface area contributed by atoms with Crippen molar-refractivity contribution in [2.45, 2.75) is 6.61 Å². The van der Waals surface area contributed by atoms with Crippen molar-refractivity contribution in [3.63, 3.8) is 0 Å². The van der Waals surface area contributed by atoms with E-state index >= 15 is 0 Å². The first kappa shape index (κ1) is 18.3. The summed E-state index contributed by atoms with van der Waals surface area (Å²) in [5.74, 6) is 2.75. The maximum Gasteiger partial charge on any atom is 0.296 e. The van der Waals surface area contributed by atoms with E-state index in [-0.39, 0.29) is 0 Å². The molecule has 0 N–H and O–H groups in total. The van der Waals surface area contributed by atoms with E-state index in [0.29, 0.717) is 23.4 Å². The van der Waals surface area contributed by atoms with Crippen LogP contribution in [-0.4, -0.2) is 16.7 Å². The number of hydrogen-bond donors (Lipinski definition) is 0. The molecule has 4 rings (SSSR count). The second kappa shape index (κ2) is 8.30. The van der Waals surface area contributed by atoms with Crippen molar-refractivity contribution in [1.82, 2.24) is 10.2 Å². The Bertz CT molecular complexity index is 1080. The van der Waals surface area contributed by atoms with E-state index in [0.717, 1.165) is 27.4 Å². The van der Waals surface area contributed by atoms with Gasteiger partial charge in [-0.3, -0.25) is 0 Å².